The number of hydrogen-bond donors (Lipinski definition) is 1. The van der Waals surface area contributed by atoms with Crippen LogP contribution < -0.4 is 14.8 Å². The Morgan fingerprint density at radius 3 is 2.12 bits per heavy atom. The maximum absolute atomic E-state index is 6.59. The van der Waals surface area contributed by atoms with Crippen LogP contribution in [-0.2, 0) is 13.1 Å². The summed E-state index contributed by atoms with van der Waals surface area (Å²) in [6.45, 7) is 11.6. The number of rotatable bonds is 16. The molecule has 41 heavy (non-hydrogen) atoms. The zero-order chi connectivity index (χ0) is 28.9. The van der Waals surface area contributed by atoms with Gasteiger partial charge in [-0.2, -0.15) is 0 Å². The van der Waals surface area contributed by atoms with Gasteiger partial charge in [-0.3, -0.25) is 10.0 Å². The second-order valence-corrected chi connectivity index (χ2v) is 12.1. The van der Waals surface area contributed by atoms with Gasteiger partial charge in [-0.05, 0) is 66.6 Å². The van der Waals surface area contributed by atoms with Crippen molar-refractivity contribution in [3.05, 3.63) is 108 Å². The minimum Gasteiger partial charge on any atom is -0.454 e. The first-order chi connectivity index (χ1) is 20.0. The van der Waals surface area contributed by atoms with Crippen LogP contribution in [0.15, 0.2) is 102 Å². The van der Waals surface area contributed by atoms with Crippen LogP contribution in [0.5, 0.6) is 11.5 Å². The molecular weight excluding hydrogens is 522 g/mol. The van der Waals surface area contributed by atoms with Gasteiger partial charge in [0.2, 0.25) is 0 Å². The summed E-state index contributed by atoms with van der Waals surface area (Å²) in [5, 5.41) is 6.36. The lowest BCUT2D eigenvalue weighted by Gasteiger charge is -2.35. The van der Waals surface area contributed by atoms with Gasteiger partial charge in [0.05, 0.1) is 10.6 Å². The van der Waals surface area contributed by atoms with Gasteiger partial charge in [0.25, 0.3) is 0 Å². The van der Waals surface area contributed by atoms with Gasteiger partial charge in [-0.25, -0.2) is 0 Å². The molecule has 0 aromatic heterocycles. The molecule has 0 heterocycles. The van der Waals surface area contributed by atoms with Crippen LogP contribution in [0.1, 0.15) is 64.0 Å². The molecule has 4 nitrogen and oxygen atoms in total. The predicted molar refractivity (Wildman–Crippen MR) is 177 cm³/mol. The molecule has 0 spiro atoms. The normalized spacial score (nSPS) is 16.3. The van der Waals surface area contributed by atoms with Crippen molar-refractivity contribution in [1.82, 2.24) is 4.90 Å². The molecule has 0 saturated carbocycles. The molecule has 0 radical (unpaired) electrons. The van der Waals surface area contributed by atoms with Crippen molar-refractivity contribution < 1.29 is 4.74 Å². The molecule has 0 aliphatic heterocycles. The third-order valence-electron chi connectivity index (χ3n) is 7.66. The Labute approximate surface area is 252 Å². The second-order valence-electron chi connectivity index (χ2n) is 11.4. The summed E-state index contributed by atoms with van der Waals surface area (Å²) < 4.78 is 6.59. The number of para-hydroxylation sites is 1. The SMILES string of the molecule is CCCCN(CCCC)c1cc(CN(Cc2ccccc2)CC2(C)C=CC=CC2)cc(SN)c1Oc1ccccc1. The molecule has 0 fully saturated rings. The van der Waals surface area contributed by atoms with Crippen LogP contribution in [0, 0.1) is 5.41 Å². The van der Waals surface area contributed by atoms with Crippen LogP contribution in [0.25, 0.3) is 0 Å². The number of anilines is 1. The zero-order valence-corrected chi connectivity index (χ0v) is 25.9. The Hall–Kier alpha value is -2.99. The molecule has 0 bridgehead atoms. The molecule has 218 valence electrons. The number of nitrogens with two attached hydrogens (primary N) is 1. The highest BCUT2D eigenvalue weighted by Crippen LogP contribution is 2.42. The molecule has 3 aromatic rings. The smallest absolute Gasteiger partial charge is 0.165 e. The molecule has 1 atom stereocenters. The van der Waals surface area contributed by atoms with Gasteiger partial charge < -0.3 is 9.64 Å². The molecule has 1 aliphatic rings. The highest BCUT2D eigenvalue weighted by molar-refractivity contribution is 7.97. The van der Waals surface area contributed by atoms with E-state index in [0.29, 0.717) is 0 Å². The minimum absolute atomic E-state index is 0.0997. The monoisotopic (exact) mass is 569 g/mol. The fourth-order valence-electron chi connectivity index (χ4n) is 5.48. The molecule has 1 aliphatic carbocycles. The van der Waals surface area contributed by atoms with Gasteiger partial charge in [-0.1, -0.05) is 106 Å². The average Bonchev–Trinajstić information content (AvgIpc) is 2.99. The number of benzene rings is 3. The third-order valence-corrected chi connectivity index (χ3v) is 8.22. The van der Waals surface area contributed by atoms with Crippen LogP contribution in [-0.4, -0.2) is 24.5 Å². The Bertz CT molecular complexity index is 1250. The number of allylic oxidation sites excluding steroid dienone is 3. The van der Waals surface area contributed by atoms with E-state index in [1.807, 2.05) is 30.3 Å². The minimum atomic E-state index is 0.0997. The Morgan fingerprint density at radius 2 is 1.51 bits per heavy atom. The Morgan fingerprint density at radius 1 is 0.854 bits per heavy atom. The Kier molecular flexibility index (Phi) is 12.0. The fraction of sp³-hybridized carbons (Fsp3) is 0.389. The highest BCUT2D eigenvalue weighted by Gasteiger charge is 2.26. The van der Waals surface area contributed by atoms with Gasteiger partial charge >= 0.3 is 0 Å². The van der Waals surface area contributed by atoms with Gasteiger partial charge in [0.1, 0.15) is 5.75 Å². The predicted octanol–water partition coefficient (Wildman–Crippen LogP) is 9.38. The van der Waals surface area contributed by atoms with Crippen molar-refractivity contribution in [3.8, 4) is 11.5 Å². The van der Waals surface area contributed by atoms with Crippen molar-refractivity contribution in [1.29, 1.82) is 0 Å². The lowest BCUT2D eigenvalue weighted by atomic mass is 9.83. The van der Waals surface area contributed by atoms with Gasteiger partial charge in [0.15, 0.2) is 5.75 Å². The third kappa shape index (κ3) is 9.26. The molecular formula is C36H47N3OS. The average molecular weight is 570 g/mol. The van der Waals surface area contributed by atoms with E-state index < -0.39 is 0 Å². The first kappa shape index (κ1) is 31.0. The van der Waals surface area contributed by atoms with E-state index in [-0.39, 0.29) is 5.41 Å². The topological polar surface area (TPSA) is 41.7 Å². The molecule has 2 N–H and O–H groups in total. The van der Waals surface area contributed by atoms with E-state index >= 15 is 0 Å². The van der Waals surface area contributed by atoms with E-state index in [4.69, 9.17) is 9.88 Å². The van der Waals surface area contributed by atoms with Crippen molar-refractivity contribution in [2.24, 2.45) is 10.6 Å². The first-order valence-electron chi connectivity index (χ1n) is 15.2. The van der Waals surface area contributed by atoms with E-state index in [9.17, 15) is 0 Å². The van der Waals surface area contributed by atoms with E-state index in [2.05, 4.69) is 97.3 Å². The summed E-state index contributed by atoms with van der Waals surface area (Å²) in [5.74, 6) is 1.69. The number of hydrogen-bond acceptors (Lipinski definition) is 5. The van der Waals surface area contributed by atoms with Crippen LogP contribution in [0.4, 0.5) is 5.69 Å². The number of unbranched alkanes of at least 4 members (excludes halogenated alkanes) is 2. The molecule has 3 aromatic carbocycles. The second kappa shape index (κ2) is 15.9. The van der Waals surface area contributed by atoms with Crippen molar-refractivity contribution in [2.45, 2.75) is 70.9 Å². The van der Waals surface area contributed by atoms with Crippen molar-refractivity contribution in [2.75, 3.05) is 24.5 Å². The van der Waals surface area contributed by atoms with Crippen LogP contribution in [0.3, 0.4) is 0 Å². The lowest BCUT2D eigenvalue weighted by molar-refractivity contribution is 0.183. The molecule has 0 amide bonds. The summed E-state index contributed by atoms with van der Waals surface area (Å²) in [4.78, 5) is 6.08. The van der Waals surface area contributed by atoms with E-state index in [1.165, 1.54) is 23.1 Å². The van der Waals surface area contributed by atoms with Crippen LogP contribution >= 0.6 is 11.9 Å². The number of nitrogens with zero attached hydrogens (tertiary/aromatic N) is 2. The van der Waals surface area contributed by atoms with Crippen molar-refractivity contribution >= 4 is 17.6 Å². The molecule has 4 rings (SSSR count). The van der Waals surface area contributed by atoms with Gasteiger partial charge in [-0.15, -0.1) is 0 Å². The lowest BCUT2D eigenvalue weighted by Crippen LogP contribution is -2.34. The fourth-order valence-corrected chi connectivity index (χ4v) is 5.96. The maximum atomic E-state index is 6.59. The largest absolute Gasteiger partial charge is 0.454 e. The van der Waals surface area contributed by atoms with Crippen molar-refractivity contribution in [3.63, 3.8) is 0 Å². The first-order valence-corrected chi connectivity index (χ1v) is 16.0. The summed E-state index contributed by atoms with van der Waals surface area (Å²) in [6, 6.07) is 25.5. The standard InChI is InChI=1S/C36H47N3OS/c1-4-6-23-39(24-7-5-2)33-25-31(26-34(41-37)35(33)40-32-19-13-9-14-20-32)28-38(27-30-17-11-8-12-18-30)29-36(3)21-15-10-16-22-36/h8-21,25-26H,4-7,22-24,27-29,37H2,1-3H3. The quantitative estimate of drug-likeness (QED) is 0.174. The summed E-state index contributed by atoms with van der Waals surface area (Å²) in [7, 11) is 0. The number of ether oxygens (including phenoxy) is 1. The Balaban J connectivity index is 1.73. The molecule has 1 unspecified atom stereocenters. The van der Waals surface area contributed by atoms with E-state index in [1.54, 1.807) is 0 Å². The van der Waals surface area contributed by atoms with Crippen LogP contribution in [0.2, 0.25) is 0 Å². The van der Waals surface area contributed by atoms with E-state index in [0.717, 1.165) is 86.9 Å². The summed E-state index contributed by atoms with van der Waals surface area (Å²) in [5.41, 5.74) is 3.84. The maximum Gasteiger partial charge on any atom is 0.165 e. The highest BCUT2D eigenvalue weighted by atomic mass is 32.2. The summed E-state index contributed by atoms with van der Waals surface area (Å²) in [6.07, 6.45) is 14.7. The summed E-state index contributed by atoms with van der Waals surface area (Å²) >= 11 is 1.28. The molecule has 0 saturated heterocycles. The molecule has 5 heteroatoms. The zero-order valence-electron chi connectivity index (χ0n) is 25.1. The van der Waals surface area contributed by atoms with Gasteiger partial charge in [0, 0.05) is 38.1 Å².